The lowest BCUT2D eigenvalue weighted by Crippen LogP contribution is -2.51. The van der Waals surface area contributed by atoms with Gasteiger partial charge in [0.15, 0.2) is 5.79 Å². The summed E-state index contributed by atoms with van der Waals surface area (Å²) in [4.78, 5) is 0. The average molecular weight is 264 g/mol. The lowest BCUT2D eigenvalue weighted by Gasteiger charge is -2.38. The lowest BCUT2D eigenvalue weighted by molar-refractivity contribution is -0.236. The summed E-state index contributed by atoms with van der Waals surface area (Å²) in [6.45, 7) is 3.19. The summed E-state index contributed by atoms with van der Waals surface area (Å²) >= 11 is 0. The quantitative estimate of drug-likeness (QED) is 0.786. The molecule has 4 unspecified atom stereocenters. The second-order valence-electron chi connectivity index (χ2n) is 5.35. The van der Waals surface area contributed by atoms with Crippen LogP contribution in [-0.2, 0) is 14.2 Å². The average Bonchev–Trinajstić information content (AvgIpc) is 2.91. The molecule has 3 saturated heterocycles. The van der Waals surface area contributed by atoms with Gasteiger partial charge in [0.05, 0.1) is 31.8 Å². The molecule has 3 fully saturated rings. The van der Waals surface area contributed by atoms with E-state index in [2.05, 4.69) is 0 Å². The van der Waals surface area contributed by atoms with Crippen LogP contribution in [0.1, 0.15) is 13.3 Å². The van der Waals surface area contributed by atoms with Gasteiger partial charge in [-0.05, 0) is 19.4 Å². The Labute approximate surface area is 113 Å². The van der Waals surface area contributed by atoms with Crippen molar-refractivity contribution in [2.24, 2.45) is 5.92 Å². The van der Waals surface area contributed by atoms with Gasteiger partial charge >= 0.3 is 0 Å². The van der Waals surface area contributed by atoms with Crippen LogP contribution >= 0.6 is 0 Å². The molecule has 4 heteroatoms. The SMILES string of the molecule is CC=CC=CC=CC12OCCC3OCC(O)(CO1)C32. The molecule has 0 bridgehead atoms. The van der Waals surface area contributed by atoms with Gasteiger partial charge in [-0.3, -0.25) is 0 Å². The van der Waals surface area contributed by atoms with Gasteiger partial charge in [0.25, 0.3) is 0 Å². The highest BCUT2D eigenvalue weighted by molar-refractivity contribution is 5.20. The topological polar surface area (TPSA) is 47.9 Å². The van der Waals surface area contributed by atoms with E-state index in [-0.39, 0.29) is 18.6 Å². The Morgan fingerprint density at radius 1 is 1.11 bits per heavy atom. The van der Waals surface area contributed by atoms with Crippen molar-refractivity contribution in [2.45, 2.75) is 30.8 Å². The maximum absolute atomic E-state index is 10.5. The molecular formula is C15H20O4. The standard InChI is InChI=1S/C15H20O4/c1-2-3-4-5-6-8-15-13-12(7-9-18-15)17-10-14(13,16)11-19-15/h2-6,8,12-13,16H,7,9-11H2,1H3. The van der Waals surface area contributed by atoms with Crippen LogP contribution in [0.25, 0.3) is 0 Å². The normalized spacial score (nSPS) is 45.8. The highest BCUT2D eigenvalue weighted by Crippen LogP contribution is 2.51. The Bertz CT molecular complexity index is 428. The third-order valence-electron chi connectivity index (χ3n) is 4.06. The van der Waals surface area contributed by atoms with Gasteiger partial charge in [-0.2, -0.15) is 0 Å². The van der Waals surface area contributed by atoms with E-state index in [0.29, 0.717) is 13.2 Å². The Kier molecular flexibility index (Phi) is 3.35. The monoisotopic (exact) mass is 264 g/mol. The van der Waals surface area contributed by atoms with Gasteiger partial charge in [0.1, 0.15) is 5.60 Å². The molecule has 104 valence electrons. The van der Waals surface area contributed by atoms with Crippen molar-refractivity contribution in [2.75, 3.05) is 19.8 Å². The number of allylic oxidation sites excluding steroid dienone is 5. The molecule has 19 heavy (non-hydrogen) atoms. The predicted octanol–water partition coefficient (Wildman–Crippen LogP) is 1.57. The van der Waals surface area contributed by atoms with Crippen LogP contribution in [0.4, 0.5) is 0 Å². The van der Waals surface area contributed by atoms with Crippen molar-refractivity contribution in [1.29, 1.82) is 0 Å². The summed E-state index contributed by atoms with van der Waals surface area (Å²) in [5, 5.41) is 10.5. The molecule has 0 aromatic rings. The van der Waals surface area contributed by atoms with E-state index in [9.17, 15) is 5.11 Å². The minimum atomic E-state index is -0.900. The molecule has 3 aliphatic rings. The van der Waals surface area contributed by atoms with E-state index < -0.39 is 11.4 Å². The summed E-state index contributed by atoms with van der Waals surface area (Å²) in [6, 6.07) is 0. The molecule has 0 aromatic carbocycles. The second kappa shape index (κ2) is 4.87. The zero-order chi connectivity index (χ0) is 13.3. The third-order valence-corrected chi connectivity index (χ3v) is 4.06. The molecule has 1 N–H and O–H groups in total. The fourth-order valence-electron chi connectivity index (χ4n) is 3.22. The maximum atomic E-state index is 10.5. The first-order valence-corrected chi connectivity index (χ1v) is 6.79. The number of hydrogen-bond acceptors (Lipinski definition) is 4. The molecule has 0 aromatic heterocycles. The third kappa shape index (κ3) is 2.09. The summed E-state index contributed by atoms with van der Waals surface area (Å²) < 4.78 is 17.3. The summed E-state index contributed by atoms with van der Waals surface area (Å²) in [5.41, 5.74) is -0.900. The predicted molar refractivity (Wildman–Crippen MR) is 70.5 cm³/mol. The molecule has 4 nitrogen and oxygen atoms in total. The molecule has 0 amide bonds. The molecule has 0 spiro atoms. The van der Waals surface area contributed by atoms with Crippen molar-refractivity contribution >= 4 is 0 Å². The maximum Gasteiger partial charge on any atom is 0.196 e. The molecular weight excluding hydrogens is 244 g/mol. The summed E-state index contributed by atoms with van der Waals surface area (Å²) in [5.74, 6) is -0.950. The molecule has 3 aliphatic heterocycles. The van der Waals surface area contributed by atoms with Gasteiger partial charge < -0.3 is 19.3 Å². The fourth-order valence-corrected chi connectivity index (χ4v) is 3.22. The van der Waals surface area contributed by atoms with Gasteiger partial charge in [-0.25, -0.2) is 0 Å². The fraction of sp³-hybridized carbons (Fsp3) is 0.600. The zero-order valence-corrected chi connectivity index (χ0v) is 11.1. The van der Waals surface area contributed by atoms with Crippen molar-refractivity contribution < 1.29 is 19.3 Å². The van der Waals surface area contributed by atoms with Crippen LogP contribution in [0.5, 0.6) is 0 Å². The molecule has 3 rings (SSSR count). The van der Waals surface area contributed by atoms with Crippen molar-refractivity contribution in [1.82, 2.24) is 0 Å². The van der Waals surface area contributed by atoms with Crippen LogP contribution in [0, 0.1) is 5.92 Å². The van der Waals surface area contributed by atoms with E-state index in [1.807, 2.05) is 43.4 Å². The number of ether oxygens (including phenoxy) is 3. The minimum absolute atomic E-state index is 0.0328. The Morgan fingerprint density at radius 3 is 2.79 bits per heavy atom. The Hall–Kier alpha value is -0.940. The van der Waals surface area contributed by atoms with Crippen LogP contribution in [-0.4, -0.2) is 42.4 Å². The van der Waals surface area contributed by atoms with Crippen LogP contribution in [0.3, 0.4) is 0 Å². The van der Waals surface area contributed by atoms with Gasteiger partial charge in [0, 0.05) is 0 Å². The van der Waals surface area contributed by atoms with E-state index in [1.54, 1.807) is 0 Å². The second-order valence-corrected chi connectivity index (χ2v) is 5.35. The van der Waals surface area contributed by atoms with Gasteiger partial charge in [-0.15, -0.1) is 0 Å². The number of aliphatic hydroxyl groups is 1. The first kappa shape index (κ1) is 13.1. The van der Waals surface area contributed by atoms with Crippen molar-refractivity contribution in [3.05, 3.63) is 36.5 Å². The molecule has 0 saturated carbocycles. The minimum Gasteiger partial charge on any atom is -0.384 e. The summed E-state index contributed by atoms with van der Waals surface area (Å²) in [6.07, 6.45) is 12.5. The van der Waals surface area contributed by atoms with Crippen molar-refractivity contribution in [3.63, 3.8) is 0 Å². The smallest absolute Gasteiger partial charge is 0.196 e. The number of hydrogen-bond donors (Lipinski definition) is 1. The van der Waals surface area contributed by atoms with Crippen LogP contribution in [0.2, 0.25) is 0 Å². The lowest BCUT2D eigenvalue weighted by atomic mass is 9.80. The first-order chi connectivity index (χ1) is 9.20. The van der Waals surface area contributed by atoms with E-state index >= 15 is 0 Å². The van der Waals surface area contributed by atoms with E-state index in [0.717, 1.165) is 6.42 Å². The van der Waals surface area contributed by atoms with E-state index in [4.69, 9.17) is 14.2 Å². The summed E-state index contributed by atoms with van der Waals surface area (Å²) in [7, 11) is 0. The Balaban J connectivity index is 1.82. The highest BCUT2D eigenvalue weighted by Gasteiger charge is 2.66. The van der Waals surface area contributed by atoms with Crippen LogP contribution in [0.15, 0.2) is 36.5 Å². The number of rotatable bonds is 3. The Morgan fingerprint density at radius 2 is 1.95 bits per heavy atom. The molecule has 3 heterocycles. The van der Waals surface area contributed by atoms with Gasteiger partial charge in [-0.1, -0.05) is 30.4 Å². The molecule has 0 radical (unpaired) electrons. The van der Waals surface area contributed by atoms with Gasteiger partial charge in [0.2, 0.25) is 0 Å². The van der Waals surface area contributed by atoms with Crippen LogP contribution < -0.4 is 0 Å². The molecule has 0 aliphatic carbocycles. The van der Waals surface area contributed by atoms with Crippen molar-refractivity contribution in [3.8, 4) is 0 Å². The highest BCUT2D eigenvalue weighted by atomic mass is 16.7. The first-order valence-electron chi connectivity index (χ1n) is 6.79. The van der Waals surface area contributed by atoms with E-state index in [1.165, 1.54) is 0 Å². The zero-order valence-electron chi connectivity index (χ0n) is 11.1. The molecule has 4 atom stereocenters. The largest absolute Gasteiger partial charge is 0.384 e.